The average molecular weight is 421 g/mol. The quantitative estimate of drug-likeness (QED) is 0.515. The van der Waals surface area contributed by atoms with E-state index in [9.17, 15) is 8.76 Å². The van der Waals surface area contributed by atoms with Crippen molar-refractivity contribution in [2.24, 2.45) is 0 Å². The highest BCUT2D eigenvalue weighted by Crippen LogP contribution is 2.34. The minimum Gasteiger partial charge on any atom is -0.772 e. The molecule has 1 unspecified atom stereocenters. The summed E-state index contributed by atoms with van der Waals surface area (Å²) in [4.78, 5) is 8.55. The zero-order chi connectivity index (χ0) is 20.1. The van der Waals surface area contributed by atoms with Crippen molar-refractivity contribution < 1.29 is 18.2 Å². The van der Waals surface area contributed by atoms with Crippen LogP contribution in [-0.4, -0.2) is 36.5 Å². The Hall–Kier alpha value is -2.42. The Labute approximate surface area is 170 Å². The molecule has 0 aliphatic heterocycles. The fourth-order valence-electron chi connectivity index (χ4n) is 2.75. The first-order chi connectivity index (χ1) is 13.5. The number of ether oxygens (including phenoxy) is 2. The molecule has 148 valence electrons. The lowest BCUT2D eigenvalue weighted by atomic mass is 10.1. The van der Waals surface area contributed by atoms with Crippen LogP contribution in [0.5, 0.6) is 11.5 Å². The first kappa shape index (κ1) is 20.3. The Morgan fingerprint density at radius 2 is 1.79 bits per heavy atom. The molecule has 0 saturated carbocycles. The molecule has 0 spiro atoms. The van der Waals surface area contributed by atoms with Gasteiger partial charge in [0.15, 0.2) is 5.15 Å². The molecule has 0 fully saturated rings. The maximum Gasteiger partial charge on any atom is 0.155 e. The normalized spacial score (nSPS) is 12.0. The monoisotopic (exact) mass is 420 g/mol. The molecule has 0 N–H and O–H groups in total. The summed E-state index contributed by atoms with van der Waals surface area (Å²) in [7, 11) is 0. The van der Waals surface area contributed by atoms with Gasteiger partial charge in [-0.3, -0.25) is 8.78 Å². The summed E-state index contributed by atoms with van der Waals surface area (Å²) >= 11 is 4.20. The molecule has 1 atom stereocenters. The van der Waals surface area contributed by atoms with Crippen LogP contribution in [-0.2, 0) is 16.8 Å². The van der Waals surface area contributed by atoms with E-state index in [2.05, 4.69) is 9.97 Å². The molecule has 28 heavy (non-hydrogen) atoms. The summed E-state index contributed by atoms with van der Waals surface area (Å²) in [6.07, 6.45) is 3.09. The largest absolute Gasteiger partial charge is 0.772 e. The second kappa shape index (κ2) is 9.18. The van der Waals surface area contributed by atoms with Gasteiger partial charge in [0.1, 0.15) is 23.6 Å². The molecule has 3 aromatic rings. The standard InChI is InChI=1S/C19H20ClN3O4S/c1-3-26-15-7-14(8-16(9-15)27-4-2)18-19(20)22-12-23(18)17-6-5-13(10-21-17)11-28(24)25/h5-10,12H,3-4,11H2,1-2H3,(H,24,25)/p-1. The van der Waals surface area contributed by atoms with Gasteiger partial charge in [-0.1, -0.05) is 28.7 Å². The molecular weight excluding hydrogens is 402 g/mol. The van der Waals surface area contributed by atoms with E-state index in [-0.39, 0.29) is 5.75 Å². The summed E-state index contributed by atoms with van der Waals surface area (Å²) in [5.41, 5.74) is 2.00. The van der Waals surface area contributed by atoms with Crippen LogP contribution in [0.4, 0.5) is 0 Å². The zero-order valence-electron chi connectivity index (χ0n) is 15.4. The van der Waals surface area contributed by atoms with Crippen LogP contribution in [0.15, 0.2) is 42.9 Å². The molecule has 0 aliphatic rings. The Kier molecular flexibility index (Phi) is 6.66. The van der Waals surface area contributed by atoms with E-state index in [1.807, 2.05) is 32.0 Å². The number of hydrogen-bond donors (Lipinski definition) is 0. The summed E-state index contributed by atoms with van der Waals surface area (Å²) in [6, 6.07) is 8.97. The summed E-state index contributed by atoms with van der Waals surface area (Å²) < 4.78 is 34.7. The number of hydrogen-bond acceptors (Lipinski definition) is 6. The lowest BCUT2D eigenvalue weighted by Gasteiger charge is -2.13. The van der Waals surface area contributed by atoms with Crippen LogP contribution in [0.1, 0.15) is 19.4 Å². The summed E-state index contributed by atoms with van der Waals surface area (Å²) in [5, 5.41) is 0.308. The molecule has 0 aliphatic carbocycles. The molecule has 0 radical (unpaired) electrons. The van der Waals surface area contributed by atoms with Crippen molar-refractivity contribution >= 4 is 22.7 Å². The highest BCUT2D eigenvalue weighted by Gasteiger charge is 2.16. The van der Waals surface area contributed by atoms with Crippen LogP contribution in [0, 0.1) is 0 Å². The van der Waals surface area contributed by atoms with Crippen molar-refractivity contribution in [3.8, 4) is 28.6 Å². The molecular formula is C19H19ClN3O4S-. The van der Waals surface area contributed by atoms with E-state index in [4.69, 9.17) is 21.1 Å². The number of pyridine rings is 1. The van der Waals surface area contributed by atoms with Gasteiger partial charge in [0.25, 0.3) is 0 Å². The van der Waals surface area contributed by atoms with Crippen molar-refractivity contribution in [2.45, 2.75) is 19.6 Å². The highest BCUT2D eigenvalue weighted by molar-refractivity contribution is 7.78. The van der Waals surface area contributed by atoms with Gasteiger partial charge < -0.3 is 14.0 Å². The SMILES string of the molecule is CCOc1cc(OCC)cc(-c2c(Cl)ncn2-c2ccc(CS(=O)[O-])cn2)c1. The average Bonchev–Trinajstić information content (AvgIpc) is 3.04. The molecule has 7 nitrogen and oxygen atoms in total. The van der Waals surface area contributed by atoms with Crippen molar-refractivity contribution in [1.82, 2.24) is 14.5 Å². The smallest absolute Gasteiger partial charge is 0.155 e. The zero-order valence-corrected chi connectivity index (χ0v) is 17.0. The third kappa shape index (κ3) is 4.70. The van der Waals surface area contributed by atoms with E-state index in [0.717, 1.165) is 5.56 Å². The van der Waals surface area contributed by atoms with Gasteiger partial charge in [0.05, 0.1) is 18.9 Å². The van der Waals surface area contributed by atoms with Crippen molar-refractivity contribution in [2.75, 3.05) is 13.2 Å². The Bertz CT molecular complexity index is 952. The third-order valence-corrected chi connectivity index (χ3v) is 4.68. The molecule has 2 heterocycles. The summed E-state index contributed by atoms with van der Waals surface area (Å²) in [5.74, 6) is 1.80. The number of nitrogens with zero attached hydrogens (tertiary/aromatic N) is 3. The van der Waals surface area contributed by atoms with Crippen LogP contribution >= 0.6 is 11.6 Å². The van der Waals surface area contributed by atoms with Crippen LogP contribution < -0.4 is 9.47 Å². The van der Waals surface area contributed by atoms with Gasteiger partial charge in [-0.25, -0.2) is 9.97 Å². The predicted molar refractivity (Wildman–Crippen MR) is 107 cm³/mol. The van der Waals surface area contributed by atoms with Gasteiger partial charge in [-0.15, -0.1) is 0 Å². The number of rotatable bonds is 8. The van der Waals surface area contributed by atoms with E-state index in [0.29, 0.717) is 46.9 Å². The summed E-state index contributed by atoms with van der Waals surface area (Å²) in [6.45, 7) is 4.85. The fourth-order valence-corrected chi connectivity index (χ4v) is 3.43. The molecule has 0 saturated heterocycles. The minimum absolute atomic E-state index is 0.0844. The lowest BCUT2D eigenvalue weighted by molar-refractivity contribution is 0.323. The Balaban J connectivity index is 2.04. The van der Waals surface area contributed by atoms with Gasteiger partial charge >= 0.3 is 0 Å². The fraction of sp³-hybridized carbons (Fsp3) is 0.263. The van der Waals surface area contributed by atoms with E-state index >= 15 is 0 Å². The maximum atomic E-state index is 10.9. The molecule has 3 rings (SSSR count). The number of benzene rings is 1. The van der Waals surface area contributed by atoms with E-state index in [1.165, 1.54) is 6.20 Å². The van der Waals surface area contributed by atoms with Gasteiger partial charge in [0.2, 0.25) is 0 Å². The van der Waals surface area contributed by atoms with Crippen molar-refractivity contribution in [3.05, 3.63) is 53.6 Å². The second-order valence-electron chi connectivity index (χ2n) is 5.79. The molecule has 2 aromatic heterocycles. The number of halogens is 1. The first-order valence-electron chi connectivity index (χ1n) is 8.66. The molecule has 1 aromatic carbocycles. The highest BCUT2D eigenvalue weighted by atomic mass is 35.5. The number of imidazole rings is 1. The lowest BCUT2D eigenvalue weighted by Crippen LogP contribution is -2.01. The topological polar surface area (TPSA) is 89.3 Å². The second-order valence-corrected chi connectivity index (χ2v) is 7.04. The van der Waals surface area contributed by atoms with Crippen LogP contribution in [0.2, 0.25) is 5.15 Å². The van der Waals surface area contributed by atoms with Crippen molar-refractivity contribution in [1.29, 1.82) is 0 Å². The van der Waals surface area contributed by atoms with Crippen molar-refractivity contribution in [3.63, 3.8) is 0 Å². The van der Waals surface area contributed by atoms with E-state index in [1.54, 1.807) is 23.0 Å². The van der Waals surface area contributed by atoms with Gasteiger partial charge in [0, 0.05) is 23.6 Å². The third-order valence-electron chi connectivity index (χ3n) is 3.84. The van der Waals surface area contributed by atoms with Gasteiger partial charge in [-0.2, -0.15) is 0 Å². The molecule has 9 heteroatoms. The Morgan fingerprint density at radius 1 is 1.11 bits per heavy atom. The van der Waals surface area contributed by atoms with E-state index < -0.39 is 11.1 Å². The predicted octanol–water partition coefficient (Wildman–Crippen LogP) is 3.76. The molecule has 0 bridgehead atoms. The first-order valence-corrected chi connectivity index (χ1v) is 10.3. The maximum absolute atomic E-state index is 10.9. The van der Waals surface area contributed by atoms with Crippen LogP contribution in [0.3, 0.4) is 0 Å². The van der Waals surface area contributed by atoms with Gasteiger partial charge in [-0.05, 0) is 37.6 Å². The van der Waals surface area contributed by atoms with Crippen LogP contribution in [0.25, 0.3) is 17.1 Å². The Morgan fingerprint density at radius 3 is 2.32 bits per heavy atom. The number of aromatic nitrogens is 3. The minimum atomic E-state index is -2.17. The molecule has 0 amide bonds.